The van der Waals surface area contributed by atoms with Gasteiger partial charge in [-0.3, -0.25) is 14.4 Å². The highest BCUT2D eigenvalue weighted by Gasteiger charge is 2.60. The third-order valence-corrected chi connectivity index (χ3v) is 6.07. The number of anilines is 2. The van der Waals surface area contributed by atoms with Crippen LogP contribution in [-0.2, 0) is 14.4 Å². The zero-order chi connectivity index (χ0) is 22.4. The van der Waals surface area contributed by atoms with Crippen molar-refractivity contribution in [2.75, 3.05) is 9.96 Å². The van der Waals surface area contributed by atoms with E-state index in [1.54, 1.807) is 17.2 Å². The fraction of sp³-hybridized carbons (Fsp3) is 0.125. The lowest BCUT2D eigenvalue weighted by molar-refractivity contribution is -0.126. The lowest BCUT2D eigenvalue weighted by Gasteiger charge is -2.29. The van der Waals surface area contributed by atoms with Crippen molar-refractivity contribution in [3.05, 3.63) is 95.0 Å². The Bertz CT molecular complexity index is 1210. The maximum Gasteiger partial charge on any atom is 0.335 e. The molecule has 3 aromatic rings. The molecule has 3 aromatic carbocycles. The summed E-state index contributed by atoms with van der Waals surface area (Å²) in [7, 11) is 0. The molecule has 0 radical (unpaired) electrons. The summed E-state index contributed by atoms with van der Waals surface area (Å²) in [6, 6.07) is 21.4. The highest BCUT2D eigenvalue weighted by Crippen LogP contribution is 2.48. The molecular formula is C24H17ClN2O5. The fourth-order valence-electron chi connectivity index (χ4n) is 4.25. The van der Waals surface area contributed by atoms with Crippen molar-refractivity contribution in [1.82, 2.24) is 0 Å². The molecule has 160 valence electrons. The highest BCUT2D eigenvalue weighted by molar-refractivity contribution is 6.31. The van der Waals surface area contributed by atoms with Gasteiger partial charge in [0.25, 0.3) is 5.91 Å². The minimum Gasteiger partial charge on any atom is -0.478 e. The molecule has 0 aromatic heterocycles. The SMILES string of the molecule is O=C(O)c1ccc(N2C(=O)[C@H]3[C@@H](c4ccccc4Cl)N(c4ccccc4)O[C@H]3C2=O)cc1. The van der Waals surface area contributed by atoms with Crippen LogP contribution in [0.15, 0.2) is 78.9 Å². The van der Waals surface area contributed by atoms with Crippen molar-refractivity contribution in [2.24, 2.45) is 5.92 Å². The first-order chi connectivity index (χ1) is 15.5. The summed E-state index contributed by atoms with van der Waals surface area (Å²) in [6.45, 7) is 0. The van der Waals surface area contributed by atoms with E-state index in [1.165, 1.54) is 24.3 Å². The number of hydrogen-bond acceptors (Lipinski definition) is 5. The average Bonchev–Trinajstić information content (AvgIpc) is 3.31. The summed E-state index contributed by atoms with van der Waals surface area (Å²) in [5.74, 6) is -2.83. The Kier molecular flexibility index (Phi) is 4.92. The Hall–Kier alpha value is -3.68. The van der Waals surface area contributed by atoms with Gasteiger partial charge in [0, 0.05) is 5.02 Å². The number of carboxylic acid groups (broad SMARTS) is 1. The lowest BCUT2D eigenvalue weighted by Crippen LogP contribution is -2.37. The number of carbonyl (C=O) groups is 3. The number of benzene rings is 3. The van der Waals surface area contributed by atoms with Crippen LogP contribution in [0.2, 0.25) is 5.02 Å². The van der Waals surface area contributed by atoms with Crippen LogP contribution in [0.5, 0.6) is 0 Å². The van der Waals surface area contributed by atoms with Crippen molar-refractivity contribution < 1.29 is 24.3 Å². The predicted octanol–water partition coefficient (Wildman–Crippen LogP) is 4.09. The van der Waals surface area contributed by atoms with Crippen LogP contribution in [0, 0.1) is 5.92 Å². The molecule has 2 heterocycles. The number of halogens is 1. The van der Waals surface area contributed by atoms with Crippen molar-refractivity contribution in [2.45, 2.75) is 12.1 Å². The molecule has 32 heavy (non-hydrogen) atoms. The normalized spacial score (nSPS) is 22.3. The first kappa shape index (κ1) is 20.2. The smallest absolute Gasteiger partial charge is 0.335 e. The van der Waals surface area contributed by atoms with Crippen LogP contribution in [0.4, 0.5) is 11.4 Å². The number of imide groups is 1. The summed E-state index contributed by atoms with van der Waals surface area (Å²) >= 11 is 6.48. The third kappa shape index (κ3) is 3.14. The number of rotatable bonds is 4. The van der Waals surface area contributed by atoms with Crippen molar-refractivity contribution >= 4 is 40.8 Å². The Balaban J connectivity index is 1.57. The topological polar surface area (TPSA) is 87.2 Å². The van der Waals surface area contributed by atoms with Crippen molar-refractivity contribution in [3.63, 3.8) is 0 Å². The van der Waals surface area contributed by atoms with Crippen LogP contribution in [0.25, 0.3) is 0 Å². The van der Waals surface area contributed by atoms with E-state index in [9.17, 15) is 14.4 Å². The van der Waals surface area contributed by atoms with E-state index in [2.05, 4.69) is 0 Å². The summed E-state index contributed by atoms with van der Waals surface area (Å²) < 4.78 is 0. The molecule has 5 rings (SSSR count). The minimum absolute atomic E-state index is 0.0634. The van der Waals surface area contributed by atoms with Crippen LogP contribution in [-0.4, -0.2) is 29.0 Å². The molecule has 2 fully saturated rings. The molecule has 2 aliphatic rings. The second-order valence-electron chi connectivity index (χ2n) is 7.54. The maximum atomic E-state index is 13.5. The molecule has 7 nitrogen and oxygen atoms in total. The van der Waals surface area contributed by atoms with Gasteiger partial charge >= 0.3 is 5.97 Å². The van der Waals surface area contributed by atoms with Crippen LogP contribution in [0.3, 0.4) is 0 Å². The van der Waals surface area contributed by atoms with Gasteiger partial charge in [-0.15, -0.1) is 0 Å². The molecule has 2 amide bonds. The summed E-state index contributed by atoms with van der Waals surface area (Å²) in [4.78, 5) is 45.0. The number of carbonyl (C=O) groups excluding carboxylic acids is 2. The Labute approximate surface area is 188 Å². The first-order valence-corrected chi connectivity index (χ1v) is 10.3. The number of para-hydroxylation sites is 1. The lowest BCUT2D eigenvalue weighted by atomic mass is 9.90. The minimum atomic E-state index is -1.09. The summed E-state index contributed by atoms with van der Waals surface area (Å²) in [6.07, 6.45) is -1.02. The van der Waals surface area contributed by atoms with Gasteiger partial charge in [-0.2, -0.15) is 0 Å². The van der Waals surface area contributed by atoms with Gasteiger partial charge < -0.3 is 5.11 Å². The number of nitrogens with zero attached hydrogens (tertiary/aromatic N) is 2. The molecule has 2 saturated heterocycles. The molecule has 2 aliphatic heterocycles. The molecule has 0 aliphatic carbocycles. The average molecular weight is 449 g/mol. The molecule has 1 N–H and O–H groups in total. The number of carboxylic acids is 1. The zero-order valence-corrected chi connectivity index (χ0v) is 17.3. The molecule has 3 atom stereocenters. The van der Waals surface area contributed by atoms with Crippen LogP contribution >= 0.6 is 11.6 Å². The summed E-state index contributed by atoms with van der Waals surface area (Å²) in [5, 5.41) is 11.2. The van der Waals surface area contributed by atoms with Crippen LogP contribution < -0.4 is 9.96 Å². The molecule has 0 bridgehead atoms. The van der Waals surface area contributed by atoms with Gasteiger partial charge in [-0.05, 0) is 48.0 Å². The first-order valence-electron chi connectivity index (χ1n) is 9.94. The van der Waals surface area contributed by atoms with E-state index in [4.69, 9.17) is 21.5 Å². The van der Waals surface area contributed by atoms with Gasteiger partial charge in [0.2, 0.25) is 5.91 Å². The Morgan fingerprint density at radius 1 is 0.844 bits per heavy atom. The molecular weight excluding hydrogens is 432 g/mol. The molecule has 0 spiro atoms. The van der Waals surface area contributed by atoms with E-state index in [1.807, 2.05) is 42.5 Å². The van der Waals surface area contributed by atoms with E-state index in [-0.39, 0.29) is 5.56 Å². The molecule has 0 saturated carbocycles. The Morgan fingerprint density at radius 2 is 1.50 bits per heavy atom. The Morgan fingerprint density at radius 3 is 2.16 bits per heavy atom. The highest BCUT2D eigenvalue weighted by atomic mass is 35.5. The monoisotopic (exact) mass is 448 g/mol. The number of aromatic carboxylic acids is 1. The fourth-order valence-corrected chi connectivity index (χ4v) is 4.50. The number of hydroxylamine groups is 1. The zero-order valence-electron chi connectivity index (χ0n) is 16.6. The van der Waals surface area contributed by atoms with E-state index >= 15 is 0 Å². The van der Waals surface area contributed by atoms with Gasteiger partial charge in [0.15, 0.2) is 6.10 Å². The van der Waals surface area contributed by atoms with E-state index in [0.29, 0.717) is 22.0 Å². The van der Waals surface area contributed by atoms with Gasteiger partial charge in [-0.1, -0.05) is 48.0 Å². The second kappa shape index (κ2) is 7.78. The quantitative estimate of drug-likeness (QED) is 0.605. The second-order valence-corrected chi connectivity index (χ2v) is 7.95. The predicted molar refractivity (Wildman–Crippen MR) is 117 cm³/mol. The molecule has 0 unspecified atom stereocenters. The standard InChI is InChI=1S/C24H17ClN2O5/c25-18-9-5-4-8-17(18)20-19-21(32-27(20)16-6-2-1-3-7-16)23(29)26(22(19)28)15-12-10-14(11-13-15)24(30)31/h1-13,19-21H,(H,30,31)/t19-,20+,21+/m0/s1. The maximum absolute atomic E-state index is 13.5. The van der Waals surface area contributed by atoms with Gasteiger partial charge in [0.05, 0.1) is 23.0 Å². The van der Waals surface area contributed by atoms with Crippen molar-refractivity contribution in [3.8, 4) is 0 Å². The summed E-state index contributed by atoms with van der Waals surface area (Å²) in [5.41, 5.74) is 1.74. The van der Waals surface area contributed by atoms with Crippen molar-refractivity contribution in [1.29, 1.82) is 0 Å². The molecule has 8 heteroatoms. The third-order valence-electron chi connectivity index (χ3n) is 5.72. The van der Waals surface area contributed by atoms with E-state index in [0.717, 1.165) is 4.90 Å². The van der Waals surface area contributed by atoms with Crippen LogP contribution in [0.1, 0.15) is 22.0 Å². The largest absolute Gasteiger partial charge is 0.478 e. The van der Waals surface area contributed by atoms with Gasteiger partial charge in [0.1, 0.15) is 5.92 Å². The number of amides is 2. The number of hydrogen-bond donors (Lipinski definition) is 1. The van der Waals surface area contributed by atoms with E-state index < -0.39 is 35.8 Å². The van der Waals surface area contributed by atoms with Gasteiger partial charge in [-0.25, -0.2) is 14.8 Å². The number of fused-ring (bicyclic) bond motifs is 1.